The number of hydrogen-bond donors (Lipinski definition) is 0. The molecule has 1 unspecified atom stereocenters. The fraction of sp³-hybridized carbons (Fsp3) is 0.600. The number of nitrogens with zero attached hydrogens (tertiary/aromatic N) is 2. The number of carbonyl (C=O) groups is 2. The molecule has 0 aromatic heterocycles. The second-order valence-corrected chi connectivity index (χ2v) is 7.72. The summed E-state index contributed by atoms with van der Waals surface area (Å²) in [7, 11) is 0. The van der Waals surface area contributed by atoms with E-state index in [4.69, 9.17) is 4.74 Å². The number of rotatable bonds is 3. The predicted octanol–water partition coefficient (Wildman–Crippen LogP) is 2.35. The molecule has 3 fully saturated rings. The molecule has 2 amide bonds. The largest absolute Gasteiger partial charge is 0.381 e. The van der Waals surface area contributed by atoms with Crippen molar-refractivity contribution in [3.63, 3.8) is 0 Å². The fourth-order valence-corrected chi connectivity index (χ4v) is 4.60. The highest BCUT2D eigenvalue weighted by atomic mass is 19.1. The molecule has 1 spiro atoms. The maximum atomic E-state index is 13.5. The zero-order valence-electron chi connectivity index (χ0n) is 15.0. The van der Waals surface area contributed by atoms with Gasteiger partial charge in [-0.15, -0.1) is 0 Å². The first-order valence-corrected chi connectivity index (χ1v) is 9.49. The standard InChI is InChI=1S/C20H25FN2O3/c21-17-3-1-2-15(12-17)13-23-18(24)4-6-20(23)7-9-22(10-8-20)19(25)16-5-11-26-14-16/h1-3,12,16H,4-11,13-14H2. The smallest absolute Gasteiger partial charge is 0.228 e. The van der Waals surface area contributed by atoms with E-state index in [1.54, 1.807) is 6.07 Å². The Morgan fingerprint density at radius 3 is 2.77 bits per heavy atom. The summed E-state index contributed by atoms with van der Waals surface area (Å²) in [6.07, 6.45) is 3.78. The predicted molar refractivity (Wildman–Crippen MR) is 93.7 cm³/mol. The van der Waals surface area contributed by atoms with Gasteiger partial charge in [-0.25, -0.2) is 4.39 Å². The molecule has 1 aromatic rings. The molecule has 0 radical (unpaired) electrons. The lowest BCUT2D eigenvalue weighted by molar-refractivity contribution is -0.140. The molecule has 0 bridgehead atoms. The van der Waals surface area contributed by atoms with Crippen LogP contribution >= 0.6 is 0 Å². The van der Waals surface area contributed by atoms with E-state index in [9.17, 15) is 14.0 Å². The van der Waals surface area contributed by atoms with Gasteiger partial charge in [-0.1, -0.05) is 12.1 Å². The molecule has 3 aliphatic heterocycles. The minimum absolute atomic E-state index is 0.00217. The Kier molecular flexibility index (Phi) is 4.69. The monoisotopic (exact) mass is 360 g/mol. The molecule has 5 nitrogen and oxygen atoms in total. The molecule has 140 valence electrons. The van der Waals surface area contributed by atoms with Crippen LogP contribution in [0.2, 0.25) is 0 Å². The third kappa shape index (κ3) is 3.22. The molecule has 26 heavy (non-hydrogen) atoms. The Bertz CT molecular complexity index is 694. The van der Waals surface area contributed by atoms with E-state index in [1.807, 2.05) is 15.9 Å². The second kappa shape index (κ2) is 6.99. The van der Waals surface area contributed by atoms with Gasteiger partial charge in [0.25, 0.3) is 0 Å². The second-order valence-electron chi connectivity index (χ2n) is 7.72. The number of likely N-dealkylation sites (tertiary alicyclic amines) is 2. The van der Waals surface area contributed by atoms with Crippen molar-refractivity contribution in [1.82, 2.24) is 9.80 Å². The lowest BCUT2D eigenvalue weighted by Crippen LogP contribution is -2.54. The maximum absolute atomic E-state index is 13.5. The number of piperidine rings is 1. The fourth-order valence-electron chi connectivity index (χ4n) is 4.60. The summed E-state index contributed by atoms with van der Waals surface area (Å²) in [5, 5.41) is 0. The first kappa shape index (κ1) is 17.5. The highest BCUT2D eigenvalue weighted by Crippen LogP contribution is 2.40. The van der Waals surface area contributed by atoms with Crippen LogP contribution in [-0.2, 0) is 20.9 Å². The number of halogens is 1. The molecular formula is C20H25FN2O3. The van der Waals surface area contributed by atoms with Crippen LogP contribution in [0.25, 0.3) is 0 Å². The van der Waals surface area contributed by atoms with Gasteiger partial charge in [0, 0.05) is 38.2 Å². The summed E-state index contributed by atoms with van der Waals surface area (Å²) < 4.78 is 18.8. The van der Waals surface area contributed by atoms with E-state index in [1.165, 1.54) is 12.1 Å². The Balaban J connectivity index is 1.44. The number of benzene rings is 1. The van der Waals surface area contributed by atoms with E-state index in [-0.39, 0.29) is 29.1 Å². The first-order chi connectivity index (χ1) is 12.6. The molecule has 3 aliphatic rings. The van der Waals surface area contributed by atoms with E-state index in [2.05, 4.69) is 0 Å². The molecule has 1 atom stereocenters. The van der Waals surface area contributed by atoms with Crippen LogP contribution in [0.3, 0.4) is 0 Å². The van der Waals surface area contributed by atoms with Crippen LogP contribution < -0.4 is 0 Å². The van der Waals surface area contributed by atoms with Crippen molar-refractivity contribution >= 4 is 11.8 Å². The normalized spacial score (nSPS) is 25.3. The summed E-state index contributed by atoms with van der Waals surface area (Å²) in [5.74, 6) is 0.0524. The Morgan fingerprint density at radius 2 is 2.08 bits per heavy atom. The van der Waals surface area contributed by atoms with E-state index in [0.29, 0.717) is 39.3 Å². The number of carbonyl (C=O) groups excluding carboxylic acids is 2. The van der Waals surface area contributed by atoms with Crippen molar-refractivity contribution in [1.29, 1.82) is 0 Å². The van der Waals surface area contributed by atoms with Gasteiger partial charge in [0.1, 0.15) is 5.82 Å². The average molecular weight is 360 g/mol. The van der Waals surface area contributed by atoms with Gasteiger partial charge in [-0.05, 0) is 43.4 Å². The molecule has 0 N–H and O–H groups in total. The third-order valence-electron chi connectivity index (χ3n) is 6.19. The van der Waals surface area contributed by atoms with Crippen LogP contribution in [0.1, 0.15) is 37.7 Å². The average Bonchev–Trinajstić information content (AvgIpc) is 3.27. The van der Waals surface area contributed by atoms with Gasteiger partial charge in [0.05, 0.1) is 12.5 Å². The lowest BCUT2D eigenvalue weighted by Gasteiger charge is -2.45. The minimum Gasteiger partial charge on any atom is -0.381 e. The SMILES string of the molecule is O=C(C1CCOC1)N1CCC2(CCC(=O)N2Cc2cccc(F)c2)CC1. The van der Waals surface area contributed by atoms with E-state index < -0.39 is 0 Å². The molecule has 3 heterocycles. The van der Waals surface area contributed by atoms with Crippen molar-refractivity contribution in [3.05, 3.63) is 35.6 Å². The summed E-state index contributed by atoms with van der Waals surface area (Å²) in [4.78, 5) is 29.0. The van der Waals surface area contributed by atoms with Crippen molar-refractivity contribution < 1.29 is 18.7 Å². The van der Waals surface area contributed by atoms with Crippen LogP contribution in [0.4, 0.5) is 4.39 Å². The molecule has 3 saturated heterocycles. The summed E-state index contributed by atoms with van der Waals surface area (Å²) >= 11 is 0. The third-order valence-corrected chi connectivity index (χ3v) is 6.19. The van der Waals surface area contributed by atoms with E-state index >= 15 is 0 Å². The number of hydrogen-bond acceptors (Lipinski definition) is 3. The Morgan fingerprint density at radius 1 is 1.27 bits per heavy atom. The highest BCUT2D eigenvalue weighted by Gasteiger charge is 2.47. The Hall–Kier alpha value is -1.95. The summed E-state index contributed by atoms with van der Waals surface area (Å²) in [6, 6.07) is 6.46. The first-order valence-electron chi connectivity index (χ1n) is 9.49. The van der Waals surface area contributed by atoms with Gasteiger partial charge in [0.2, 0.25) is 11.8 Å². The summed E-state index contributed by atoms with van der Waals surface area (Å²) in [6.45, 7) is 3.01. The zero-order valence-corrected chi connectivity index (χ0v) is 15.0. The van der Waals surface area contributed by atoms with Gasteiger partial charge in [0.15, 0.2) is 0 Å². The number of amides is 2. The molecule has 1 aromatic carbocycles. The quantitative estimate of drug-likeness (QED) is 0.831. The summed E-state index contributed by atoms with van der Waals surface area (Å²) in [5.41, 5.74) is 0.632. The molecule has 0 aliphatic carbocycles. The molecular weight excluding hydrogens is 335 g/mol. The molecule has 0 saturated carbocycles. The van der Waals surface area contributed by atoms with Crippen LogP contribution in [0, 0.1) is 11.7 Å². The van der Waals surface area contributed by atoms with Crippen molar-refractivity contribution in [3.8, 4) is 0 Å². The van der Waals surface area contributed by atoms with Gasteiger partial charge < -0.3 is 14.5 Å². The van der Waals surface area contributed by atoms with Gasteiger partial charge >= 0.3 is 0 Å². The topological polar surface area (TPSA) is 49.9 Å². The van der Waals surface area contributed by atoms with E-state index in [0.717, 1.165) is 31.2 Å². The molecule has 6 heteroatoms. The van der Waals surface area contributed by atoms with Crippen LogP contribution in [-0.4, -0.2) is 53.5 Å². The highest BCUT2D eigenvalue weighted by molar-refractivity contribution is 5.81. The van der Waals surface area contributed by atoms with Crippen LogP contribution in [0.5, 0.6) is 0 Å². The van der Waals surface area contributed by atoms with Crippen molar-refractivity contribution in [2.45, 2.75) is 44.2 Å². The molecule has 4 rings (SSSR count). The number of ether oxygens (including phenoxy) is 1. The lowest BCUT2D eigenvalue weighted by atomic mass is 9.84. The van der Waals surface area contributed by atoms with Crippen LogP contribution in [0.15, 0.2) is 24.3 Å². The Labute approximate surface area is 153 Å². The minimum atomic E-state index is -0.276. The van der Waals surface area contributed by atoms with Gasteiger partial charge in [-0.2, -0.15) is 0 Å². The van der Waals surface area contributed by atoms with Crippen molar-refractivity contribution in [2.75, 3.05) is 26.3 Å². The van der Waals surface area contributed by atoms with Crippen molar-refractivity contribution in [2.24, 2.45) is 5.92 Å². The maximum Gasteiger partial charge on any atom is 0.228 e. The van der Waals surface area contributed by atoms with Gasteiger partial charge in [-0.3, -0.25) is 9.59 Å². The zero-order chi connectivity index (χ0) is 18.1.